The molecule has 128 valence electrons. The molecule has 24 heavy (non-hydrogen) atoms. The Labute approximate surface area is 139 Å². The number of primary sulfonamides is 1. The molecule has 0 aromatic heterocycles. The first-order valence-electron chi connectivity index (χ1n) is 6.89. The Kier molecular flexibility index (Phi) is 5.20. The zero-order valence-corrected chi connectivity index (χ0v) is 13.8. The molecule has 0 bridgehead atoms. The average molecular weight is 353 g/mol. The highest BCUT2D eigenvalue weighted by Crippen LogP contribution is 2.25. The summed E-state index contributed by atoms with van der Waals surface area (Å²) in [6.07, 6.45) is -0.641. The van der Waals surface area contributed by atoms with E-state index in [0.717, 1.165) is 6.07 Å². The molecule has 0 radical (unpaired) electrons. The largest absolute Gasteiger partial charge is 0.495 e. The number of halogens is 1. The number of hydrogen-bond acceptors (Lipinski definition) is 5. The third-order valence-corrected chi connectivity index (χ3v) is 4.26. The predicted molar refractivity (Wildman–Crippen MR) is 84.6 cm³/mol. The highest BCUT2D eigenvalue weighted by atomic mass is 32.2. The van der Waals surface area contributed by atoms with Gasteiger partial charge in [0.2, 0.25) is 10.0 Å². The Morgan fingerprint density at radius 1 is 1.17 bits per heavy atom. The van der Waals surface area contributed by atoms with Gasteiger partial charge < -0.3 is 9.47 Å². The van der Waals surface area contributed by atoms with Gasteiger partial charge in [-0.3, -0.25) is 0 Å². The highest BCUT2D eigenvalue weighted by molar-refractivity contribution is 7.89. The molecule has 0 aliphatic heterocycles. The van der Waals surface area contributed by atoms with E-state index < -0.39 is 27.9 Å². The molecule has 0 aliphatic carbocycles. The molecule has 0 fully saturated rings. The lowest BCUT2D eigenvalue weighted by Crippen LogP contribution is -2.15. The number of nitrogens with two attached hydrogens (primary N) is 1. The lowest BCUT2D eigenvalue weighted by molar-refractivity contribution is 0.0337. The third kappa shape index (κ3) is 4.09. The fourth-order valence-corrected chi connectivity index (χ4v) is 2.78. The van der Waals surface area contributed by atoms with Gasteiger partial charge in [-0.1, -0.05) is 12.1 Å². The minimum atomic E-state index is -4.06. The summed E-state index contributed by atoms with van der Waals surface area (Å²) in [5.74, 6) is -1.11. The van der Waals surface area contributed by atoms with Crippen molar-refractivity contribution in [3.63, 3.8) is 0 Å². The summed E-state index contributed by atoms with van der Waals surface area (Å²) < 4.78 is 46.3. The van der Waals surface area contributed by atoms with E-state index in [1.54, 1.807) is 6.92 Å². The van der Waals surface area contributed by atoms with Gasteiger partial charge in [-0.05, 0) is 42.8 Å². The van der Waals surface area contributed by atoms with Gasteiger partial charge in [0.1, 0.15) is 22.6 Å². The van der Waals surface area contributed by atoms with Gasteiger partial charge in [0.25, 0.3) is 0 Å². The number of methoxy groups -OCH3 is 1. The van der Waals surface area contributed by atoms with Gasteiger partial charge in [0, 0.05) is 0 Å². The van der Waals surface area contributed by atoms with Gasteiger partial charge in [-0.2, -0.15) is 0 Å². The maximum absolute atomic E-state index is 12.9. The first kappa shape index (κ1) is 17.9. The number of ether oxygens (including phenoxy) is 2. The molecule has 2 rings (SSSR count). The van der Waals surface area contributed by atoms with Gasteiger partial charge in [0.15, 0.2) is 0 Å². The predicted octanol–water partition coefficient (Wildman–Crippen LogP) is 2.40. The van der Waals surface area contributed by atoms with Crippen molar-refractivity contribution >= 4 is 16.0 Å². The number of carbonyl (C=O) groups is 1. The lowest BCUT2D eigenvalue weighted by Gasteiger charge is -2.14. The van der Waals surface area contributed by atoms with Crippen LogP contribution in [0.15, 0.2) is 47.4 Å². The van der Waals surface area contributed by atoms with E-state index in [0.29, 0.717) is 5.56 Å². The molecule has 2 aromatic rings. The topological polar surface area (TPSA) is 95.7 Å². The van der Waals surface area contributed by atoms with Crippen LogP contribution >= 0.6 is 0 Å². The number of rotatable bonds is 5. The van der Waals surface area contributed by atoms with Crippen LogP contribution in [0.1, 0.15) is 28.9 Å². The first-order valence-corrected chi connectivity index (χ1v) is 8.44. The SMILES string of the molecule is COc1ccc(C(=O)O[C@@H](C)c2ccc(F)cc2)cc1S(N)(=O)=O. The Morgan fingerprint density at radius 3 is 2.33 bits per heavy atom. The van der Waals surface area contributed by atoms with Crippen molar-refractivity contribution in [3.05, 3.63) is 59.4 Å². The van der Waals surface area contributed by atoms with Crippen LogP contribution in [0, 0.1) is 5.82 Å². The molecule has 1 atom stereocenters. The molecule has 6 nitrogen and oxygen atoms in total. The van der Waals surface area contributed by atoms with Crippen molar-refractivity contribution in [1.82, 2.24) is 0 Å². The molecular weight excluding hydrogens is 337 g/mol. The van der Waals surface area contributed by atoms with Crippen molar-refractivity contribution in [2.24, 2.45) is 5.14 Å². The van der Waals surface area contributed by atoms with Gasteiger partial charge >= 0.3 is 5.97 Å². The second kappa shape index (κ2) is 6.98. The Balaban J connectivity index is 2.25. The average Bonchev–Trinajstić information content (AvgIpc) is 2.53. The molecule has 2 aromatic carbocycles. The number of benzene rings is 2. The van der Waals surface area contributed by atoms with Gasteiger partial charge in [0.05, 0.1) is 12.7 Å². The number of hydrogen-bond donors (Lipinski definition) is 1. The molecular formula is C16H16FNO5S. The van der Waals surface area contributed by atoms with Crippen molar-refractivity contribution in [2.75, 3.05) is 7.11 Å². The van der Waals surface area contributed by atoms with E-state index in [9.17, 15) is 17.6 Å². The van der Waals surface area contributed by atoms with Crippen LogP contribution in [0.3, 0.4) is 0 Å². The van der Waals surface area contributed by atoms with E-state index in [2.05, 4.69) is 0 Å². The smallest absolute Gasteiger partial charge is 0.338 e. The van der Waals surface area contributed by atoms with Crippen LogP contribution in [0.25, 0.3) is 0 Å². The summed E-state index contributed by atoms with van der Waals surface area (Å²) in [6.45, 7) is 1.62. The molecule has 2 N–H and O–H groups in total. The molecule has 0 heterocycles. The summed E-state index contributed by atoms with van der Waals surface area (Å²) in [5.41, 5.74) is 0.610. The monoisotopic (exact) mass is 353 g/mol. The Hall–Kier alpha value is -2.45. The summed E-state index contributed by atoms with van der Waals surface area (Å²) in [6, 6.07) is 9.28. The van der Waals surface area contributed by atoms with Crippen molar-refractivity contribution in [3.8, 4) is 5.75 Å². The molecule has 0 unspecified atom stereocenters. The van der Waals surface area contributed by atoms with Crippen LogP contribution in [-0.2, 0) is 14.8 Å². The van der Waals surface area contributed by atoms with Crippen molar-refractivity contribution in [2.45, 2.75) is 17.9 Å². The molecule has 0 saturated heterocycles. The van der Waals surface area contributed by atoms with Crippen molar-refractivity contribution < 1.29 is 27.1 Å². The number of sulfonamides is 1. The Bertz CT molecular complexity index is 849. The zero-order chi connectivity index (χ0) is 17.9. The normalized spacial score (nSPS) is 12.5. The quantitative estimate of drug-likeness (QED) is 0.833. The number of carbonyl (C=O) groups excluding carboxylic acids is 1. The summed E-state index contributed by atoms with van der Waals surface area (Å²) in [4.78, 5) is 11.9. The first-order chi connectivity index (χ1) is 11.2. The van der Waals surface area contributed by atoms with Crippen LogP contribution in [0.4, 0.5) is 4.39 Å². The fraction of sp³-hybridized carbons (Fsp3) is 0.188. The summed E-state index contributed by atoms with van der Waals surface area (Å²) >= 11 is 0. The summed E-state index contributed by atoms with van der Waals surface area (Å²) in [7, 11) is -2.77. The maximum atomic E-state index is 12.9. The maximum Gasteiger partial charge on any atom is 0.338 e. The Morgan fingerprint density at radius 2 is 1.79 bits per heavy atom. The van der Waals surface area contributed by atoms with E-state index in [-0.39, 0.29) is 16.2 Å². The van der Waals surface area contributed by atoms with E-state index in [1.807, 2.05) is 0 Å². The second-order valence-electron chi connectivity index (χ2n) is 5.01. The third-order valence-electron chi connectivity index (χ3n) is 3.33. The van der Waals surface area contributed by atoms with E-state index in [4.69, 9.17) is 14.6 Å². The molecule has 0 aliphatic rings. The molecule has 0 spiro atoms. The zero-order valence-electron chi connectivity index (χ0n) is 13.0. The van der Waals surface area contributed by atoms with Crippen LogP contribution in [0.5, 0.6) is 5.75 Å². The summed E-state index contributed by atoms with van der Waals surface area (Å²) in [5, 5.41) is 5.11. The van der Waals surface area contributed by atoms with Crippen LogP contribution in [-0.4, -0.2) is 21.5 Å². The highest BCUT2D eigenvalue weighted by Gasteiger charge is 2.20. The minimum Gasteiger partial charge on any atom is -0.495 e. The lowest BCUT2D eigenvalue weighted by atomic mass is 10.1. The molecule has 0 amide bonds. The van der Waals surface area contributed by atoms with E-state index >= 15 is 0 Å². The van der Waals surface area contributed by atoms with Gasteiger partial charge in [-0.25, -0.2) is 22.7 Å². The fourth-order valence-electron chi connectivity index (χ4n) is 2.06. The molecule has 0 saturated carbocycles. The van der Waals surface area contributed by atoms with Crippen LogP contribution in [0.2, 0.25) is 0 Å². The van der Waals surface area contributed by atoms with Crippen LogP contribution < -0.4 is 9.88 Å². The second-order valence-corrected chi connectivity index (χ2v) is 6.54. The van der Waals surface area contributed by atoms with E-state index in [1.165, 1.54) is 43.5 Å². The number of esters is 1. The molecule has 8 heteroatoms. The van der Waals surface area contributed by atoms with Crippen molar-refractivity contribution in [1.29, 1.82) is 0 Å². The standard InChI is InChI=1S/C16H16FNO5S/c1-10(11-3-6-13(17)7-4-11)23-16(19)12-5-8-14(22-2)15(9-12)24(18,20)21/h3-10H,1-2H3,(H2,18,20,21)/t10-/m0/s1. The van der Waals surface area contributed by atoms with Gasteiger partial charge in [-0.15, -0.1) is 0 Å². The minimum absolute atomic E-state index is 0.00814.